The molecule has 1 aromatic heterocycles. The number of amides is 1. The van der Waals surface area contributed by atoms with E-state index < -0.39 is 11.5 Å². The predicted molar refractivity (Wildman–Crippen MR) is 110 cm³/mol. The van der Waals surface area contributed by atoms with Gasteiger partial charge in [0.05, 0.1) is 5.60 Å². The van der Waals surface area contributed by atoms with Crippen LogP contribution in [0.15, 0.2) is 41.1 Å². The molecular formula is C21H29N3O2S. The maximum Gasteiger partial charge on any atom is 0.248 e. The lowest BCUT2D eigenvalue weighted by atomic mass is 9.75. The van der Waals surface area contributed by atoms with Crippen molar-refractivity contribution in [2.75, 3.05) is 40.3 Å². The van der Waals surface area contributed by atoms with Crippen molar-refractivity contribution in [3.05, 3.63) is 57.8 Å². The van der Waals surface area contributed by atoms with Crippen LogP contribution in [0.3, 0.4) is 0 Å². The second-order valence-electron chi connectivity index (χ2n) is 7.76. The third-order valence-corrected chi connectivity index (χ3v) is 6.22. The summed E-state index contributed by atoms with van der Waals surface area (Å²) in [6, 6.07) is 9.36. The molecule has 2 atom stereocenters. The summed E-state index contributed by atoms with van der Waals surface area (Å²) in [4.78, 5) is 16.1. The van der Waals surface area contributed by atoms with Gasteiger partial charge in [-0.25, -0.2) is 0 Å². The molecule has 1 aromatic carbocycles. The van der Waals surface area contributed by atoms with Crippen LogP contribution in [-0.4, -0.2) is 61.1 Å². The van der Waals surface area contributed by atoms with Gasteiger partial charge in [0.25, 0.3) is 0 Å². The SMILES string of the molecule is CN(C)CC1CN(CCc2ccsc2)CCC1(O)c1cccc(C(N)=O)c1. The van der Waals surface area contributed by atoms with Gasteiger partial charge in [0, 0.05) is 37.7 Å². The van der Waals surface area contributed by atoms with Gasteiger partial charge in [-0.15, -0.1) is 0 Å². The summed E-state index contributed by atoms with van der Waals surface area (Å²) in [5.41, 5.74) is 7.11. The second-order valence-corrected chi connectivity index (χ2v) is 8.54. The molecule has 0 spiro atoms. The molecule has 5 nitrogen and oxygen atoms in total. The molecule has 0 radical (unpaired) electrons. The number of rotatable bonds is 7. The van der Waals surface area contributed by atoms with Crippen LogP contribution in [0.25, 0.3) is 0 Å². The van der Waals surface area contributed by atoms with Crippen LogP contribution in [-0.2, 0) is 12.0 Å². The number of carbonyl (C=O) groups excluding carboxylic acids is 1. The van der Waals surface area contributed by atoms with Crippen molar-refractivity contribution in [3.8, 4) is 0 Å². The number of hydrogen-bond acceptors (Lipinski definition) is 5. The Balaban J connectivity index is 1.77. The number of carbonyl (C=O) groups is 1. The second kappa shape index (κ2) is 8.52. The third-order valence-electron chi connectivity index (χ3n) is 5.49. The average Bonchev–Trinajstić information content (AvgIpc) is 3.15. The first-order valence-corrected chi connectivity index (χ1v) is 10.3. The zero-order valence-corrected chi connectivity index (χ0v) is 16.9. The van der Waals surface area contributed by atoms with E-state index in [1.54, 1.807) is 23.5 Å². The molecule has 2 unspecified atom stereocenters. The van der Waals surface area contributed by atoms with Crippen molar-refractivity contribution >= 4 is 17.2 Å². The summed E-state index contributed by atoms with van der Waals surface area (Å²) >= 11 is 1.73. The molecular weight excluding hydrogens is 358 g/mol. The Morgan fingerprint density at radius 2 is 2.22 bits per heavy atom. The average molecular weight is 388 g/mol. The Hall–Kier alpha value is -1.73. The minimum Gasteiger partial charge on any atom is -0.385 e. The van der Waals surface area contributed by atoms with E-state index in [4.69, 9.17) is 5.73 Å². The highest BCUT2D eigenvalue weighted by Crippen LogP contribution is 2.38. The van der Waals surface area contributed by atoms with Gasteiger partial charge in [-0.05, 0) is 67.0 Å². The summed E-state index contributed by atoms with van der Waals surface area (Å²) in [7, 11) is 4.06. The standard InChI is InChI=1S/C21H29N3O2S/c1-23(2)13-19-14-24(9-6-16-7-11-27-15-16)10-8-21(19,26)18-5-3-4-17(12-18)20(22)25/h3-5,7,11-12,15,19,26H,6,8-10,13-14H2,1-2H3,(H2,22,25). The number of aliphatic hydroxyl groups is 1. The Morgan fingerprint density at radius 1 is 1.41 bits per heavy atom. The lowest BCUT2D eigenvalue weighted by molar-refractivity contribution is -0.0843. The van der Waals surface area contributed by atoms with Gasteiger partial charge in [0.15, 0.2) is 0 Å². The van der Waals surface area contributed by atoms with Crippen LogP contribution >= 0.6 is 11.3 Å². The van der Waals surface area contributed by atoms with Gasteiger partial charge >= 0.3 is 0 Å². The first-order valence-electron chi connectivity index (χ1n) is 9.39. The summed E-state index contributed by atoms with van der Waals surface area (Å²) in [5.74, 6) is -0.398. The number of thiophene rings is 1. The Kier molecular flexibility index (Phi) is 6.32. The molecule has 1 amide bonds. The molecule has 2 heterocycles. The van der Waals surface area contributed by atoms with Gasteiger partial charge in [-0.2, -0.15) is 11.3 Å². The fourth-order valence-electron chi connectivity index (χ4n) is 3.98. The Bertz CT molecular complexity index is 763. The van der Waals surface area contributed by atoms with Crippen LogP contribution in [0, 0.1) is 5.92 Å². The fraction of sp³-hybridized carbons (Fsp3) is 0.476. The highest BCUT2D eigenvalue weighted by molar-refractivity contribution is 7.07. The van der Waals surface area contributed by atoms with Crippen molar-refractivity contribution in [1.29, 1.82) is 0 Å². The molecule has 6 heteroatoms. The maximum absolute atomic E-state index is 11.6. The van der Waals surface area contributed by atoms with Gasteiger partial charge < -0.3 is 20.6 Å². The van der Waals surface area contributed by atoms with E-state index in [0.29, 0.717) is 12.0 Å². The van der Waals surface area contributed by atoms with E-state index in [1.165, 1.54) is 5.56 Å². The van der Waals surface area contributed by atoms with Crippen LogP contribution < -0.4 is 5.73 Å². The van der Waals surface area contributed by atoms with Crippen molar-refractivity contribution in [2.45, 2.75) is 18.4 Å². The number of primary amides is 1. The molecule has 146 valence electrons. The fourth-order valence-corrected chi connectivity index (χ4v) is 4.69. The van der Waals surface area contributed by atoms with Crippen molar-refractivity contribution < 1.29 is 9.90 Å². The van der Waals surface area contributed by atoms with E-state index in [2.05, 4.69) is 26.6 Å². The van der Waals surface area contributed by atoms with E-state index in [1.807, 2.05) is 26.2 Å². The Morgan fingerprint density at radius 3 is 2.89 bits per heavy atom. The molecule has 1 saturated heterocycles. The monoisotopic (exact) mass is 387 g/mol. The molecule has 1 fully saturated rings. The van der Waals surface area contributed by atoms with Crippen LogP contribution in [0.5, 0.6) is 0 Å². The van der Waals surface area contributed by atoms with E-state index >= 15 is 0 Å². The van der Waals surface area contributed by atoms with Crippen LogP contribution in [0.4, 0.5) is 0 Å². The number of piperidine rings is 1. The largest absolute Gasteiger partial charge is 0.385 e. The minimum atomic E-state index is -0.950. The molecule has 0 bridgehead atoms. The van der Waals surface area contributed by atoms with Crippen molar-refractivity contribution in [3.63, 3.8) is 0 Å². The number of nitrogens with two attached hydrogens (primary N) is 1. The van der Waals surface area contributed by atoms with E-state index in [-0.39, 0.29) is 5.92 Å². The summed E-state index contributed by atoms with van der Waals surface area (Å²) in [5, 5.41) is 15.9. The molecule has 27 heavy (non-hydrogen) atoms. The first kappa shape index (κ1) is 20.0. The summed E-state index contributed by atoms with van der Waals surface area (Å²) < 4.78 is 0. The number of hydrogen-bond donors (Lipinski definition) is 2. The lowest BCUT2D eigenvalue weighted by Crippen LogP contribution is -2.53. The molecule has 3 rings (SSSR count). The lowest BCUT2D eigenvalue weighted by Gasteiger charge is -2.46. The summed E-state index contributed by atoms with van der Waals surface area (Å²) in [6.07, 6.45) is 1.69. The van der Waals surface area contributed by atoms with Gasteiger partial charge in [-0.3, -0.25) is 4.79 Å². The highest BCUT2D eigenvalue weighted by atomic mass is 32.1. The number of likely N-dealkylation sites (tertiary alicyclic amines) is 1. The zero-order chi connectivity index (χ0) is 19.4. The van der Waals surface area contributed by atoms with E-state index in [9.17, 15) is 9.90 Å². The molecule has 0 aliphatic carbocycles. The van der Waals surface area contributed by atoms with Crippen LogP contribution in [0.2, 0.25) is 0 Å². The number of nitrogens with zero attached hydrogens (tertiary/aromatic N) is 2. The van der Waals surface area contributed by atoms with Gasteiger partial charge in [0.2, 0.25) is 5.91 Å². The predicted octanol–water partition coefficient (Wildman–Crippen LogP) is 2.16. The van der Waals surface area contributed by atoms with Crippen molar-refractivity contribution in [2.24, 2.45) is 11.7 Å². The third kappa shape index (κ3) is 4.76. The molecule has 3 N–H and O–H groups in total. The molecule has 2 aromatic rings. The highest BCUT2D eigenvalue weighted by Gasteiger charge is 2.43. The number of benzene rings is 1. The van der Waals surface area contributed by atoms with Crippen molar-refractivity contribution in [1.82, 2.24) is 9.80 Å². The topological polar surface area (TPSA) is 69.8 Å². The summed E-state index contributed by atoms with van der Waals surface area (Å²) in [6.45, 7) is 3.45. The maximum atomic E-state index is 11.6. The normalized spacial score (nSPS) is 23.6. The van der Waals surface area contributed by atoms with Gasteiger partial charge in [0.1, 0.15) is 0 Å². The minimum absolute atomic E-state index is 0.0619. The van der Waals surface area contributed by atoms with E-state index in [0.717, 1.165) is 38.2 Å². The molecule has 0 saturated carbocycles. The first-order chi connectivity index (χ1) is 12.9. The molecule has 1 aliphatic rings. The van der Waals surface area contributed by atoms with Crippen LogP contribution in [0.1, 0.15) is 27.9 Å². The Labute approximate surface area is 165 Å². The zero-order valence-electron chi connectivity index (χ0n) is 16.1. The molecule has 1 aliphatic heterocycles. The van der Waals surface area contributed by atoms with Gasteiger partial charge in [-0.1, -0.05) is 12.1 Å². The smallest absolute Gasteiger partial charge is 0.248 e. The quantitative estimate of drug-likeness (QED) is 0.764.